The smallest absolute Gasteiger partial charge is 0.306 e. The Balaban J connectivity index is 1.70. The summed E-state index contributed by atoms with van der Waals surface area (Å²) in [7, 11) is 0. The first-order valence-electron chi connectivity index (χ1n) is 14.7. The second-order valence-corrected chi connectivity index (χ2v) is 14.6. The summed E-state index contributed by atoms with van der Waals surface area (Å²) in [6.07, 6.45) is 6.88. The number of halogens is 1. The highest BCUT2D eigenvalue weighted by molar-refractivity contribution is 8.14. The number of carbonyl (C=O) groups excluding carboxylic acids is 5. The molecule has 1 unspecified atom stereocenters. The molecule has 0 saturated heterocycles. The Kier molecular flexibility index (Phi) is 9.56. The Morgan fingerprint density at radius 1 is 1.29 bits per heavy atom. The summed E-state index contributed by atoms with van der Waals surface area (Å²) in [5, 5.41) is 13.9. The van der Waals surface area contributed by atoms with E-state index in [9.17, 15) is 29.1 Å². The fourth-order valence-electron chi connectivity index (χ4n) is 8.58. The van der Waals surface area contributed by atoms with Gasteiger partial charge in [-0.1, -0.05) is 44.2 Å². The quantitative estimate of drug-likeness (QED) is 0.260. The first kappa shape index (κ1) is 32.9. The molecule has 4 rings (SSSR count). The molecule has 232 valence electrons. The van der Waals surface area contributed by atoms with Crippen LogP contribution in [0.4, 0.5) is 4.39 Å². The van der Waals surface area contributed by atoms with Gasteiger partial charge in [0, 0.05) is 29.1 Å². The molecular weight excluding hydrogens is 581 g/mol. The molecule has 0 aromatic heterocycles. The van der Waals surface area contributed by atoms with Crippen LogP contribution in [0.2, 0.25) is 0 Å². The van der Waals surface area contributed by atoms with Crippen LogP contribution >= 0.6 is 23.5 Å². The van der Waals surface area contributed by atoms with Crippen LogP contribution < -0.4 is 5.32 Å². The van der Waals surface area contributed by atoms with E-state index in [4.69, 9.17) is 4.74 Å². The zero-order valence-corrected chi connectivity index (χ0v) is 26.6. The zero-order chi connectivity index (χ0) is 31.1. The maximum atomic E-state index is 17.6. The Morgan fingerprint density at radius 3 is 2.64 bits per heavy atom. The van der Waals surface area contributed by atoms with Crippen LogP contribution in [-0.2, 0) is 28.7 Å². The number of esters is 1. The molecule has 0 aromatic rings. The number of nitrogens with one attached hydrogen (secondary N) is 1. The minimum Gasteiger partial charge on any atom is -0.450 e. The van der Waals surface area contributed by atoms with E-state index in [0.717, 1.165) is 11.8 Å². The minimum atomic E-state index is -2.08. The first-order chi connectivity index (χ1) is 19.8. The summed E-state index contributed by atoms with van der Waals surface area (Å²) in [5.41, 5.74) is -5.35. The van der Waals surface area contributed by atoms with Gasteiger partial charge < -0.3 is 15.2 Å². The number of fused-ring (bicyclic) bond motifs is 5. The first-order valence-corrected chi connectivity index (χ1v) is 17.1. The number of aliphatic hydroxyl groups is 1. The molecule has 0 aliphatic heterocycles. The number of hydrogen-bond acceptors (Lipinski definition) is 9. The van der Waals surface area contributed by atoms with Crippen molar-refractivity contribution in [2.24, 2.45) is 28.6 Å². The molecule has 0 radical (unpaired) electrons. The van der Waals surface area contributed by atoms with Gasteiger partial charge >= 0.3 is 5.97 Å². The molecule has 0 aromatic carbocycles. The molecule has 0 heterocycles. The molecule has 11 heteroatoms. The highest BCUT2D eigenvalue weighted by atomic mass is 32.2. The van der Waals surface area contributed by atoms with E-state index in [0.29, 0.717) is 43.4 Å². The molecule has 1 amide bonds. The van der Waals surface area contributed by atoms with E-state index < -0.39 is 63.8 Å². The molecule has 0 spiro atoms. The van der Waals surface area contributed by atoms with Crippen molar-refractivity contribution in [3.05, 3.63) is 23.8 Å². The van der Waals surface area contributed by atoms with E-state index >= 15 is 4.39 Å². The fraction of sp³-hybridized carbons (Fsp3) is 0.710. The van der Waals surface area contributed by atoms with E-state index in [1.165, 1.54) is 23.9 Å². The number of hydrogen-bond donors (Lipinski definition) is 2. The molecule has 4 aliphatic carbocycles. The SMILES string of the molecule is CCC(=O)O[C@]1(C(=O)CSC(=O)C(CCSC)NC=O)[C@@H](C)C[C@H]2[C@@H]3CCC4=CC(=O)C=C[C@]4(C)[C@@]3(F)[C@@H](O)C[C@@]21C. The minimum absolute atomic E-state index is 0.0265. The van der Waals surface area contributed by atoms with Crippen LogP contribution in [0.25, 0.3) is 0 Å². The Bertz CT molecular complexity index is 1210. The average Bonchev–Trinajstić information content (AvgIpc) is 3.16. The lowest BCUT2D eigenvalue weighted by Crippen LogP contribution is -2.70. The standard InChI is InChI=1S/C31H42FNO7S2/c1-6-26(38)40-31(25(37)16-42-27(39)23(33-17-34)10-12-41-5)18(2)13-22-21-8-7-19-14-20(35)9-11-28(19,3)30(21,32)24(36)15-29(22,31)4/h9,11,14,17-18,21-24,36H,6-8,10,12-13,15-16H2,1-5H3,(H,33,34)/t18-,21-,22-,23?,24-,28-,29-,30-,31-/m0/s1. The fourth-order valence-corrected chi connectivity index (χ4v) is 9.93. The second-order valence-electron chi connectivity index (χ2n) is 12.6. The predicted molar refractivity (Wildman–Crippen MR) is 160 cm³/mol. The van der Waals surface area contributed by atoms with Crippen molar-refractivity contribution in [1.29, 1.82) is 0 Å². The number of allylic oxidation sites excluding steroid dienone is 4. The molecule has 8 nitrogen and oxygen atoms in total. The summed E-state index contributed by atoms with van der Waals surface area (Å²) in [4.78, 5) is 63.4. The summed E-state index contributed by atoms with van der Waals surface area (Å²) >= 11 is 2.32. The number of ketones is 2. The molecule has 3 fully saturated rings. The van der Waals surface area contributed by atoms with Gasteiger partial charge in [-0.3, -0.25) is 24.0 Å². The molecule has 0 bridgehead atoms. The maximum Gasteiger partial charge on any atom is 0.306 e. The van der Waals surface area contributed by atoms with E-state index in [1.54, 1.807) is 19.9 Å². The third-order valence-electron chi connectivity index (χ3n) is 10.7. The van der Waals surface area contributed by atoms with Crippen molar-refractivity contribution in [1.82, 2.24) is 5.32 Å². The second kappa shape index (κ2) is 12.2. The number of aliphatic hydroxyl groups excluding tert-OH is 1. The number of Topliss-reactive ketones (excluding diaryl/α,β-unsaturated/α-hetero) is 1. The normalized spacial score (nSPS) is 39.3. The Hall–Kier alpha value is -1.98. The van der Waals surface area contributed by atoms with Crippen LogP contribution in [0.15, 0.2) is 23.8 Å². The van der Waals surface area contributed by atoms with Crippen LogP contribution in [0.1, 0.15) is 66.2 Å². The van der Waals surface area contributed by atoms with Crippen LogP contribution in [0.3, 0.4) is 0 Å². The topological polar surface area (TPSA) is 127 Å². The van der Waals surface area contributed by atoms with Gasteiger partial charge in [0.2, 0.25) is 11.5 Å². The van der Waals surface area contributed by atoms with Gasteiger partial charge in [-0.15, -0.1) is 0 Å². The maximum absolute atomic E-state index is 17.6. The lowest BCUT2D eigenvalue weighted by molar-refractivity contribution is -0.226. The van der Waals surface area contributed by atoms with Crippen molar-refractivity contribution in [2.45, 2.75) is 89.6 Å². The number of rotatable bonds is 11. The Labute approximate surface area is 255 Å². The van der Waals surface area contributed by atoms with Gasteiger partial charge in [0.05, 0.1) is 17.9 Å². The molecule has 42 heavy (non-hydrogen) atoms. The number of amides is 1. The number of thioether (sulfide) groups is 2. The average molecular weight is 624 g/mol. The molecule has 4 aliphatic rings. The molecule has 2 N–H and O–H groups in total. The van der Waals surface area contributed by atoms with E-state index in [2.05, 4.69) is 5.32 Å². The van der Waals surface area contributed by atoms with Crippen molar-refractivity contribution >= 4 is 52.6 Å². The summed E-state index contributed by atoms with van der Waals surface area (Å²) in [5.74, 6) is -2.39. The van der Waals surface area contributed by atoms with Crippen molar-refractivity contribution in [2.75, 3.05) is 17.8 Å². The van der Waals surface area contributed by atoms with E-state index in [-0.39, 0.29) is 29.5 Å². The Morgan fingerprint density at radius 2 is 2.00 bits per heavy atom. The zero-order valence-electron chi connectivity index (χ0n) is 24.9. The number of carbonyl (C=O) groups is 5. The van der Waals surface area contributed by atoms with E-state index in [1.807, 2.05) is 20.1 Å². The van der Waals surface area contributed by atoms with Gasteiger partial charge in [-0.25, -0.2) is 4.39 Å². The molecule has 9 atom stereocenters. The summed E-state index contributed by atoms with van der Waals surface area (Å²) in [6, 6.07) is -0.754. The number of alkyl halides is 1. The van der Waals surface area contributed by atoms with Crippen molar-refractivity contribution in [3.8, 4) is 0 Å². The van der Waals surface area contributed by atoms with Gasteiger partial charge in [0.15, 0.2) is 22.8 Å². The molecule has 3 saturated carbocycles. The van der Waals surface area contributed by atoms with Gasteiger partial charge in [0.25, 0.3) is 0 Å². The lowest BCUT2D eigenvalue weighted by atomic mass is 9.44. The van der Waals surface area contributed by atoms with Crippen LogP contribution in [0, 0.1) is 28.6 Å². The van der Waals surface area contributed by atoms with Gasteiger partial charge in [-0.2, -0.15) is 11.8 Å². The van der Waals surface area contributed by atoms with Crippen LogP contribution in [0.5, 0.6) is 0 Å². The monoisotopic (exact) mass is 623 g/mol. The third-order valence-corrected chi connectivity index (χ3v) is 12.3. The third kappa shape index (κ3) is 4.91. The lowest BCUT2D eigenvalue weighted by Gasteiger charge is -2.62. The van der Waals surface area contributed by atoms with Crippen molar-refractivity contribution in [3.63, 3.8) is 0 Å². The highest BCUT2D eigenvalue weighted by Gasteiger charge is 2.77. The summed E-state index contributed by atoms with van der Waals surface area (Å²) < 4.78 is 23.7. The van der Waals surface area contributed by atoms with Gasteiger partial charge in [-0.05, 0) is 69.1 Å². The summed E-state index contributed by atoms with van der Waals surface area (Å²) in [6.45, 7) is 7.01. The van der Waals surface area contributed by atoms with Gasteiger partial charge in [0.1, 0.15) is 0 Å². The number of ether oxygens (including phenoxy) is 1. The predicted octanol–water partition coefficient (Wildman–Crippen LogP) is 3.99. The highest BCUT2D eigenvalue weighted by Crippen LogP contribution is 2.71. The molecular formula is C31H42FNO7S2. The largest absolute Gasteiger partial charge is 0.450 e. The van der Waals surface area contributed by atoms with Crippen LogP contribution in [-0.4, -0.2) is 75.3 Å². The van der Waals surface area contributed by atoms with Crippen molar-refractivity contribution < 1.29 is 38.2 Å².